The van der Waals surface area contributed by atoms with E-state index in [1.165, 1.54) is 0 Å². The maximum Gasteiger partial charge on any atom is 0.278 e. The molecule has 0 fully saturated rings. The molecule has 25 heavy (non-hydrogen) atoms. The van der Waals surface area contributed by atoms with Crippen molar-refractivity contribution < 1.29 is 14.2 Å². The Morgan fingerprint density at radius 3 is 2.80 bits per heavy atom. The van der Waals surface area contributed by atoms with Crippen molar-refractivity contribution in [1.29, 1.82) is 0 Å². The molecule has 1 aromatic carbocycles. The van der Waals surface area contributed by atoms with Crippen LogP contribution in [0.25, 0.3) is 10.8 Å². The predicted octanol–water partition coefficient (Wildman–Crippen LogP) is 0.913. The van der Waals surface area contributed by atoms with E-state index in [9.17, 15) is 9.59 Å². The highest BCUT2D eigenvalue weighted by atomic mass is 16.6. The van der Waals surface area contributed by atoms with Crippen LogP contribution in [0.3, 0.4) is 0 Å². The molecule has 9 nitrogen and oxygen atoms in total. The maximum atomic E-state index is 12.4. The largest absolute Gasteiger partial charge is 0.472 e. The first kappa shape index (κ1) is 16.6. The lowest BCUT2D eigenvalue weighted by molar-refractivity contribution is -0.122. The zero-order valence-electron chi connectivity index (χ0n) is 13.8. The lowest BCUT2D eigenvalue weighted by Gasteiger charge is -2.13. The molecule has 0 radical (unpaired) electrons. The van der Waals surface area contributed by atoms with Crippen LogP contribution >= 0.6 is 0 Å². The number of aromatic nitrogens is 4. The van der Waals surface area contributed by atoms with Gasteiger partial charge in [-0.2, -0.15) is 5.10 Å². The van der Waals surface area contributed by atoms with E-state index in [0.29, 0.717) is 28.0 Å². The number of fused-ring (bicyclic) bond motifs is 1. The first-order valence-corrected chi connectivity index (χ1v) is 7.75. The van der Waals surface area contributed by atoms with Crippen LogP contribution in [0, 0.1) is 6.92 Å². The van der Waals surface area contributed by atoms with Crippen LogP contribution in [-0.4, -0.2) is 39.6 Å². The van der Waals surface area contributed by atoms with Crippen LogP contribution < -0.4 is 15.6 Å². The number of amides is 1. The van der Waals surface area contributed by atoms with Gasteiger partial charge >= 0.3 is 0 Å². The quantitative estimate of drug-likeness (QED) is 0.638. The maximum absolute atomic E-state index is 12.4. The number of carbonyl (C=O) groups is 1. The Balaban J connectivity index is 1.64. The molecule has 2 aromatic heterocycles. The second-order valence-electron chi connectivity index (χ2n) is 5.50. The number of aromatic amines is 1. The third-order valence-electron chi connectivity index (χ3n) is 3.78. The van der Waals surface area contributed by atoms with Crippen LogP contribution in [0.1, 0.15) is 24.2 Å². The van der Waals surface area contributed by atoms with Gasteiger partial charge in [0.05, 0.1) is 23.5 Å². The zero-order valence-corrected chi connectivity index (χ0v) is 13.8. The topological polar surface area (TPSA) is 123 Å². The molecule has 3 rings (SSSR count). The van der Waals surface area contributed by atoms with E-state index in [1.54, 1.807) is 38.1 Å². The van der Waals surface area contributed by atoms with E-state index in [0.717, 1.165) is 0 Å². The van der Waals surface area contributed by atoms with Crippen molar-refractivity contribution in [2.75, 3.05) is 13.2 Å². The van der Waals surface area contributed by atoms with Crippen molar-refractivity contribution in [3.63, 3.8) is 0 Å². The first-order valence-electron chi connectivity index (χ1n) is 7.75. The summed E-state index contributed by atoms with van der Waals surface area (Å²) in [5.74, 6) is -0.448. The Bertz CT molecular complexity index is 949. The van der Waals surface area contributed by atoms with Crippen molar-refractivity contribution in [2.45, 2.75) is 19.8 Å². The molecule has 0 spiro atoms. The smallest absolute Gasteiger partial charge is 0.278 e. The lowest BCUT2D eigenvalue weighted by Crippen LogP contribution is -2.32. The third kappa shape index (κ3) is 3.49. The highest BCUT2D eigenvalue weighted by Gasteiger charge is 2.20. The van der Waals surface area contributed by atoms with E-state index in [2.05, 4.69) is 30.5 Å². The molecule has 0 saturated carbocycles. The van der Waals surface area contributed by atoms with Crippen LogP contribution in [0.15, 0.2) is 33.7 Å². The number of rotatable bonds is 6. The van der Waals surface area contributed by atoms with E-state index in [4.69, 9.17) is 4.74 Å². The van der Waals surface area contributed by atoms with E-state index in [-0.39, 0.29) is 24.6 Å². The van der Waals surface area contributed by atoms with Crippen molar-refractivity contribution >= 4 is 16.7 Å². The number of nitrogens with zero attached hydrogens (tertiary/aromatic N) is 3. The Hall–Kier alpha value is -3.23. The van der Waals surface area contributed by atoms with Crippen LogP contribution in [0.5, 0.6) is 5.88 Å². The van der Waals surface area contributed by atoms with Gasteiger partial charge in [-0.3, -0.25) is 9.59 Å². The summed E-state index contributed by atoms with van der Waals surface area (Å²) in [5.41, 5.74) is 0.783. The SMILES string of the molecule is Cc1nonc1OCCNC(=O)[C@H](C)c1n[nH]c(=O)c2ccccc12. The van der Waals surface area contributed by atoms with Gasteiger partial charge in [0.2, 0.25) is 5.91 Å². The molecule has 0 aliphatic heterocycles. The number of hydrogen-bond acceptors (Lipinski definition) is 7. The normalized spacial score (nSPS) is 12.1. The van der Waals surface area contributed by atoms with Gasteiger partial charge in [0.25, 0.3) is 11.4 Å². The van der Waals surface area contributed by atoms with Gasteiger partial charge < -0.3 is 10.1 Å². The van der Waals surface area contributed by atoms with Crippen LogP contribution in [0.2, 0.25) is 0 Å². The molecular weight excluding hydrogens is 326 g/mol. The summed E-state index contributed by atoms with van der Waals surface area (Å²) < 4.78 is 9.87. The molecule has 2 heterocycles. The van der Waals surface area contributed by atoms with Crippen LogP contribution in [-0.2, 0) is 4.79 Å². The summed E-state index contributed by atoms with van der Waals surface area (Å²) in [5, 5.41) is 17.6. The van der Waals surface area contributed by atoms with Gasteiger partial charge in [-0.05, 0) is 25.1 Å². The number of carbonyl (C=O) groups excluding carboxylic acids is 1. The third-order valence-corrected chi connectivity index (χ3v) is 3.78. The van der Waals surface area contributed by atoms with Gasteiger partial charge in [0, 0.05) is 5.39 Å². The number of ether oxygens (including phenoxy) is 1. The number of nitrogens with one attached hydrogen (secondary N) is 2. The molecule has 0 aliphatic carbocycles. The molecule has 0 unspecified atom stereocenters. The molecule has 1 amide bonds. The molecule has 9 heteroatoms. The molecular formula is C16H17N5O4. The highest BCUT2D eigenvalue weighted by molar-refractivity contribution is 5.90. The minimum Gasteiger partial charge on any atom is -0.472 e. The minimum absolute atomic E-state index is 0.219. The summed E-state index contributed by atoms with van der Waals surface area (Å²) in [4.78, 5) is 24.2. The summed E-state index contributed by atoms with van der Waals surface area (Å²) in [6.45, 7) is 3.96. The van der Waals surface area contributed by atoms with Gasteiger partial charge in [0.15, 0.2) is 0 Å². The fourth-order valence-corrected chi connectivity index (χ4v) is 2.42. The Kier molecular flexibility index (Phi) is 4.73. The Morgan fingerprint density at radius 1 is 1.32 bits per heavy atom. The fraction of sp³-hybridized carbons (Fsp3) is 0.312. The molecule has 3 aromatic rings. The minimum atomic E-state index is -0.530. The first-order chi connectivity index (χ1) is 12.1. The average molecular weight is 343 g/mol. The molecule has 0 saturated heterocycles. The molecule has 0 aliphatic rings. The second kappa shape index (κ2) is 7.12. The Morgan fingerprint density at radius 2 is 2.08 bits per heavy atom. The lowest BCUT2D eigenvalue weighted by atomic mass is 10.0. The number of hydrogen-bond donors (Lipinski definition) is 2. The van der Waals surface area contributed by atoms with Crippen molar-refractivity contribution in [3.05, 3.63) is 46.0 Å². The second-order valence-corrected chi connectivity index (χ2v) is 5.50. The predicted molar refractivity (Wildman–Crippen MR) is 88.3 cm³/mol. The zero-order chi connectivity index (χ0) is 17.8. The molecule has 0 bridgehead atoms. The number of aryl methyl sites for hydroxylation is 1. The van der Waals surface area contributed by atoms with Crippen molar-refractivity contribution in [1.82, 2.24) is 25.8 Å². The molecule has 1 atom stereocenters. The van der Waals surface area contributed by atoms with Gasteiger partial charge in [-0.15, -0.1) is 0 Å². The van der Waals surface area contributed by atoms with Gasteiger partial charge in [-0.1, -0.05) is 23.4 Å². The standard InChI is InChI=1S/C16H17N5O4/c1-9(13-11-5-3-4-6-12(11)15(23)19-18-13)14(22)17-7-8-24-16-10(2)20-25-21-16/h3-6,9H,7-8H2,1-2H3,(H,17,22)(H,19,23)/t9-/m1/s1. The molecule has 130 valence electrons. The molecule has 2 N–H and O–H groups in total. The summed E-state index contributed by atoms with van der Waals surface area (Å²) in [6, 6.07) is 7.05. The highest BCUT2D eigenvalue weighted by Crippen LogP contribution is 2.20. The summed E-state index contributed by atoms with van der Waals surface area (Å²) >= 11 is 0. The van der Waals surface area contributed by atoms with E-state index in [1.807, 2.05) is 0 Å². The number of benzene rings is 1. The average Bonchev–Trinajstić information content (AvgIpc) is 3.03. The van der Waals surface area contributed by atoms with E-state index < -0.39 is 5.92 Å². The van der Waals surface area contributed by atoms with Crippen molar-refractivity contribution in [2.24, 2.45) is 0 Å². The number of H-pyrrole nitrogens is 1. The van der Waals surface area contributed by atoms with Gasteiger partial charge in [0.1, 0.15) is 12.3 Å². The fourth-order valence-electron chi connectivity index (χ4n) is 2.42. The summed E-state index contributed by atoms with van der Waals surface area (Å²) in [7, 11) is 0. The van der Waals surface area contributed by atoms with Crippen LogP contribution in [0.4, 0.5) is 0 Å². The monoisotopic (exact) mass is 343 g/mol. The van der Waals surface area contributed by atoms with Crippen molar-refractivity contribution in [3.8, 4) is 5.88 Å². The summed E-state index contributed by atoms with van der Waals surface area (Å²) in [6.07, 6.45) is 0. The Labute approximate surface area is 142 Å². The van der Waals surface area contributed by atoms with Gasteiger partial charge in [-0.25, -0.2) is 9.73 Å². The van der Waals surface area contributed by atoms with E-state index >= 15 is 0 Å².